The predicted molar refractivity (Wildman–Crippen MR) is 77.4 cm³/mol. The van der Waals surface area contributed by atoms with Gasteiger partial charge in [-0.3, -0.25) is 4.98 Å². The van der Waals surface area contributed by atoms with E-state index in [0.717, 1.165) is 11.1 Å². The topological polar surface area (TPSA) is 83.3 Å². The number of fused-ring (bicyclic) bond motifs is 1. The number of hydrogen-bond acceptors (Lipinski definition) is 4. The van der Waals surface area contributed by atoms with Crippen molar-refractivity contribution in [3.63, 3.8) is 0 Å². The molecule has 3 aromatic rings. The van der Waals surface area contributed by atoms with E-state index >= 15 is 0 Å². The number of halogens is 1. The van der Waals surface area contributed by atoms with Gasteiger partial charge in [0.05, 0.1) is 0 Å². The van der Waals surface area contributed by atoms with E-state index in [0.29, 0.717) is 11.8 Å². The second-order valence-corrected chi connectivity index (χ2v) is 4.85. The van der Waals surface area contributed by atoms with Gasteiger partial charge in [-0.05, 0) is 35.7 Å². The van der Waals surface area contributed by atoms with Crippen LogP contribution in [0, 0.1) is 5.82 Å². The summed E-state index contributed by atoms with van der Waals surface area (Å²) >= 11 is 0. The van der Waals surface area contributed by atoms with E-state index in [1.165, 1.54) is 18.3 Å². The van der Waals surface area contributed by atoms with Gasteiger partial charge in [0.2, 0.25) is 0 Å². The van der Waals surface area contributed by atoms with Gasteiger partial charge < -0.3 is 10.2 Å². The Hall–Kier alpha value is -3.02. The van der Waals surface area contributed by atoms with Gasteiger partial charge in [0.1, 0.15) is 11.3 Å². The zero-order valence-corrected chi connectivity index (χ0v) is 11.3. The fourth-order valence-electron chi connectivity index (χ4n) is 2.22. The Morgan fingerprint density at radius 3 is 2.50 bits per heavy atom. The number of benzene rings is 1. The van der Waals surface area contributed by atoms with Crippen molar-refractivity contribution < 1.29 is 19.4 Å². The number of carboxylic acid groups (broad SMARTS) is 1. The largest absolute Gasteiger partial charge is 0.504 e. The number of hydrogen-bond donors (Lipinski definition) is 2. The fourth-order valence-corrected chi connectivity index (χ4v) is 2.22. The van der Waals surface area contributed by atoms with Crippen molar-refractivity contribution in [3.8, 4) is 5.75 Å². The van der Waals surface area contributed by atoms with Crippen molar-refractivity contribution in [1.82, 2.24) is 9.97 Å². The molecule has 0 amide bonds. The summed E-state index contributed by atoms with van der Waals surface area (Å²) in [6, 6.07) is 7.91. The standard InChI is InChI=1S/C16H11FN2O3/c17-12-3-1-9(2-4-12)5-10-6-11-8-19-14(16(21)22)15(20)13(11)18-7-10/h1-4,6-8,20H,5H2,(H,21,22). The van der Waals surface area contributed by atoms with Gasteiger partial charge in [-0.15, -0.1) is 0 Å². The van der Waals surface area contributed by atoms with Crippen LogP contribution in [0.15, 0.2) is 42.7 Å². The lowest BCUT2D eigenvalue weighted by atomic mass is 10.1. The van der Waals surface area contributed by atoms with Gasteiger partial charge in [0.25, 0.3) is 0 Å². The third kappa shape index (κ3) is 2.58. The maximum atomic E-state index is 12.9. The Morgan fingerprint density at radius 2 is 1.82 bits per heavy atom. The molecule has 0 aliphatic heterocycles. The summed E-state index contributed by atoms with van der Waals surface area (Å²) in [4.78, 5) is 18.8. The van der Waals surface area contributed by atoms with Crippen LogP contribution in [0.4, 0.5) is 4.39 Å². The number of nitrogens with zero attached hydrogens (tertiary/aromatic N) is 2. The minimum absolute atomic E-state index is 0.190. The monoisotopic (exact) mass is 298 g/mol. The Bertz CT molecular complexity index is 863. The first-order valence-corrected chi connectivity index (χ1v) is 6.49. The molecule has 2 aromatic heterocycles. The molecule has 2 N–H and O–H groups in total. The molecule has 0 aliphatic rings. The Labute approximate surface area is 124 Å². The van der Waals surface area contributed by atoms with Crippen LogP contribution in [-0.2, 0) is 6.42 Å². The molecule has 0 aliphatic carbocycles. The lowest BCUT2D eigenvalue weighted by Gasteiger charge is -2.06. The first kappa shape index (κ1) is 13.9. The highest BCUT2D eigenvalue weighted by Gasteiger charge is 2.15. The molecule has 0 saturated carbocycles. The maximum Gasteiger partial charge on any atom is 0.358 e. The van der Waals surface area contributed by atoms with Crippen molar-refractivity contribution in [2.24, 2.45) is 0 Å². The van der Waals surface area contributed by atoms with Gasteiger partial charge in [0, 0.05) is 17.8 Å². The fraction of sp³-hybridized carbons (Fsp3) is 0.0625. The summed E-state index contributed by atoms with van der Waals surface area (Å²) < 4.78 is 12.9. The number of aromatic carboxylic acids is 1. The Balaban J connectivity index is 1.98. The number of carbonyl (C=O) groups is 1. The first-order chi connectivity index (χ1) is 10.5. The van der Waals surface area contributed by atoms with Gasteiger partial charge in [-0.2, -0.15) is 0 Å². The highest BCUT2D eigenvalue weighted by molar-refractivity contribution is 5.96. The van der Waals surface area contributed by atoms with E-state index in [4.69, 9.17) is 5.11 Å². The van der Waals surface area contributed by atoms with E-state index in [9.17, 15) is 14.3 Å². The van der Waals surface area contributed by atoms with Gasteiger partial charge in [-0.1, -0.05) is 12.1 Å². The molecule has 0 saturated heterocycles. The summed E-state index contributed by atoms with van der Waals surface area (Å²) in [6.07, 6.45) is 3.46. The summed E-state index contributed by atoms with van der Waals surface area (Å²) in [6.45, 7) is 0. The maximum absolute atomic E-state index is 12.9. The molecule has 22 heavy (non-hydrogen) atoms. The van der Waals surface area contributed by atoms with Crippen molar-refractivity contribution in [2.75, 3.05) is 0 Å². The third-order valence-corrected chi connectivity index (χ3v) is 3.28. The predicted octanol–water partition coefficient (Wildman–Crippen LogP) is 2.76. The molecule has 1 aromatic carbocycles. The van der Waals surface area contributed by atoms with E-state index < -0.39 is 17.4 Å². The molecule has 0 fully saturated rings. The van der Waals surface area contributed by atoms with Gasteiger partial charge in [0.15, 0.2) is 11.4 Å². The molecule has 0 spiro atoms. The number of rotatable bonds is 3. The van der Waals surface area contributed by atoms with Crippen LogP contribution < -0.4 is 0 Å². The van der Waals surface area contributed by atoms with E-state index in [2.05, 4.69) is 9.97 Å². The minimum atomic E-state index is -1.31. The Kier molecular flexibility index (Phi) is 3.42. The molecule has 0 atom stereocenters. The van der Waals surface area contributed by atoms with E-state index in [-0.39, 0.29) is 11.3 Å². The van der Waals surface area contributed by atoms with Crippen molar-refractivity contribution in [3.05, 3.63) is 65.4 Å². The molecular formula is C16H11FN2O3. The van der Waals surface area contributed by atoms with Crippen molar-refractivity contribution in [1.29, 1.82) is 0 Å². The van der Waals surface area contributed by atoms with Crippen LogP contribution in [0.25, 0.3) is 10.9 Å². The molecule has 110 valence electrons. The normalized spacial score (nSPS) is 10.8. The van der Waals surface area contributed by atoms with Crippen LogP contribution >= 0.6 is 0 Å². The van der Waals surface area contributed by atoms with Crippen molar-refractivity contribution in [2.45, 2.75) is 6.42 Å². The van der Waals surface area contributed by atoms with Gasteiger partial charge >= 0.3 is 5.97 Å². The highest BCUT2D eigenvalue weighted by atomic mass is 19.1. The molecule has 3 rings (SSSR count). The second-order valence-electron chi connectivity index (χ2n) is 4.85. The number of carboxylic acids is 1. The lowest BCUT2D eigenvalue weighted by molar-refractivity contribution is 0.0687. The number of pyridine rings is 2. The SMILES string of the molecule is O=C(O)c1ncc2cc(Cc3ccc(F)cc3)cnc2c1O. The lowest BCUT2D eigenvalue weighted by Crippen LogP contribution is -2.01. The molecular weight excluding hydrogens is 287 g/mol. The minimum Gasteiger partial charge on any atom is -0.504 e. The molecule has 0 radical (unpaired) electrons. The van der Waals surface area contributed by atoms with Crippen LogP contribution in [-0.4, -0.2) is 26.2 Å². The summed E-state index contributed by atoms with van der Waals surface area (Å²) in [7, 11) is 0. The highest BCUT2D eigenvalue weighted by Crippen LogP contribution is 2.26. The zero-order valence-electron chi connectivity index (χ0n) is 11.3. The third-order valence-electron chi connectivity index (χ3n) is 3.28. The second kappa shape index (κ2) is 5.40. The van der Waals surface area contributed by atoms with Gasteiger partial charge in [-0.25, -0.2) is 14.2 Å². The average molecular weight is 298 g/mol. The zero-order chi connectivity index (χ0) is 15.7. The van der Waals surface area contributed by atoms with E-state index in [1.807, 2.05) is 0 Å². The summed E-state index contributed by atoms with van der Waals surface area (Å²) in [5, 5.41) is 19.3. The summed E-state index contributed by atoms with van der Waals surface area (Å²) in [5.41, 5.74) is 1.53. The Morgan fingerprint density at radius 1 is 1.09 bits per heavy atom. The summed E-state index contributed by atoms with van der Waals surface area (Å²) in [5.74, 6) is -2.05. The average Bonchev–Trinajstić information content (AvgIpc) is 2.49. The first-order valence-electron chi connectivity index (χ1n) is 6.49. The molecule has 6 heteroatoms. The molecule has 0 bridgehead atoms. The smallest absolute Gasteiger partial charge is 0.358 e. The quantitative estimate of drug-likeness (QED) is 0.777. The van der Waals surface area contributed by atoms with Crippen LogP contribution in [0.2, 0.25) is 0 Å². The van der Waals surface area contributed by atoms with Crippen LogP contribution in [0.5, 0.6) is 5.75 Å². The van der Waals surface area contributed by atoms with Crippen LogP contribution in [0.1, 0.15) is 21.6 Å². The van der Waals surface area contributed by atoms with Crippen molar-refractivity contribution >= 4 is 16.9 Å². The molecule has 5 nitrogen and oxygen atoms in total. The number of aromatic hydroxyl groups is 1. The van der Waals surface area contributed by atoms with Crippen LogP contribution in [0.3, 0.4) is 0 Å². The van der Waals surface area contributed by atoms with E-state index in [1.54, 1.807) is 24.4 Å². The molecule has 0 unspecified atom stereocenters. The molecule has 2 heterocycles. The number of aromatic nitrogens is 2.